The molecule has 0 saturated carbocycles. The van der Waals surface area contributed by atoms with Crippen molar-refractivity contribution in [3.63, 3.8) is 0 Å². The lowest BCUT2D eigenvalue weighted by atomic mass is 10.00. The molecule has 0 heterocycles. The molecule has 1 N–H and O–H groups in total. The van der Waals surface area contributed by atoms with Crippen molar-refractivity contribution in [1.29, 1.82) is 0 Å². The third-order valence-electron chi connectivity index (χ3n) is 2.63. The maximum absolute atomic E-state index is 5.60. The van der Waals surface area contributed by atoms with Crippen LogP contribution in [0.25, 0.3) is 0 Å². The fraction of sp³-hybridized carbons (Fsp3) is 1.00. The van der Waals surface area contributed by atoms with E-state index in [1.54, 1.807) is 0 Å². The normalized spacial score (nSPS) is 15.4. The van der Waals surface area contributed by atoms with Gasteiger partial charge >= 0.3 is 0 Å². The van der Waals surface area contributed by atoms with Gasteiger partial charge < -0.3 is 10.1 Å². The molecule has 0 saturated heterocycles. The van der Waals surface area contributed by atoms with Crippen molar-refractivity contribution in [2.24, 2.45) is 5.92 Å². The highest BCUT2D eigenvalue weighted by molar-refractivity contribution is 4.71. The van der Waals surface area contributed by atoms with Gasteiger partial charge in [-0.1, -0.05) is 34.1 Å². The molecule has 0 spiro atoms. The first kappa shape index (κ1) is 13.9. The van der Waals surface area contributed by atoms with Crippen LogP contribution < -0.4 is 5.32 Å². The summed E-state index contributed by atoms with van der Waals surface area (Å²) < 4.78 is 5.60. The lowest BCUT2D eigenvalue weighted by molar-refractivity contribution is 0.0952. The molecule has 2 atom stereocenters. The van der Waals surface area contributed by atoms with E-state index in [0.29, 0.717) is 12.0 Å². The zero-order chi connectivity index (χ0) is 10.8. The molecule has 0 aliphatic heterocycles. The molecule has 2 nitrogen and oxygen atoms in total. The van der Waals surface area contributed by atoms with Gasteiger partial charge in [0.15, 0.2) is 0 Å². The van der Waals surface area contributed by atoms with Crippen molar-refractivity contribution in [2.75, 3.05) is 19.8 Å². The molecule has 0 rings (SSSR count). The highest BCUT2D eigenvalue weighted by atomic mass is 16.5. The van der Waals surface area contributed by atoms with Crippen molar-refractivity contribution in [1.82, 2.24) is 5.32 Å². The Labute approximate surface area is 89.4 Å². The van der Waals surface area contributed by atoms with Crippen molar-refractivity contribution in [3.8, 4) is 0 Å². The summed E-state index contributed by atoms with van der Waals surface area (Å²) in [5.41, 5.74) is 0. The SMILES string of the molecule is CCCNC(COCCC)C(C)CC. The van der Waals surface area contributed by atoms with Crippen LogP contribution in [-0.4, -0.2) is 25.8 Å². The zero-order valence-corrected chi connectivity index (χ0v) is 10.3. The number of hydrogen-bond donors (Lipinski definition) is 1. The van der Waals surface area contributed by atoms with Gasteiger partial charge in [-0.15, -0.1) is 0 Å². The van der Waals surface area contributed by atoms with Crippen LogP contribution in [0.15, 0.2) is 0 Å². The Kier molecular flexibility index (Phi) is 9.42. The summed E-state index contributed by atoms with van der Waals surface area (Å²) in [5.74, 6) is 0.707. The van der Waals surface area contributed by atoms with E-state index in [4.69, 9.17) is 4.74 Å². The fourth-order valence-electron chi connectivity index (χ4n) is 1.39. The third-order valence-corrected chi connectivity index (χ3v) is 2.63. The van der Waals surface area contributed by atoms with E-state index >= 15 is 0 Å². The van der Waals surface area contributed by atoms with E-state index < -0.39 is 0 Å². The van der Waals surface area contributed by atoms with Crippen molar-refractivity contribution in [3.05, 3.63) is 0 Å². The monoisotopic (exact) mass is 201 g/mol. The molecule has 0 amide bonds. The van der Waals surface area contributed by atoms with Crippen LogP contribution in [0.1, 0.15) is 47.0 Å². The Bertz CT molecular complexity index is 117. The van der Waals surface area contributed by atoms with Crippen molar-refractivity contribution < 1.29 is 4.74 Å². The molecule has 14 heavy (non-hydrogen) atoms. The van der Waals surface area contributed by atoms with Gasteiger partial charge in [-0.2, -0.15) is 0 Å². The van der Waals surface area contributed by atoms with Gasteiger partial charge in [0.25, 0.3) is 0 Å². The van der Waals surface area contributed by atoms with Gasteiger partial charge in [0.05, 0.1) is 6.61 Å². The lowest BCUT2D eigenvalue weighted by Gasteiger charge is -2.24. The zero-order valence-electron chi connectivity index (χ0n) is 10.3. The predicted octanol–water partition coefficient (Wildman–Crippen LogP) is 2.83. The maximum Gasteiger partial charge on any atom is 0.0622 e. The smallest absolute Gasteiger partial charge is 0.0622 e. The molecular formula is C12H27NO. The summed E-state index contributed by atoms with van der Waals surface area (Å²) in [5, 5.41) is 3.55. The minimum Gasteiger partial charge on any atom is -0.380 e. The molecule has 2 unspecified atom stereocenters. The summed E-state index contributed by atoms with van der Waals surface area (Å²) in [7, 11) is 0. The molecule has 0 fully saturated rings. The summed E-state index contributed by atoms with van der Waals surface area (Å²) in [6.45, 7) is 11.7. The summed E-state index contributed by atoms with van der Waals surface area (Å²) in [6.07, 6.45) is 3.53. The molecule has 0 aromatic rings. The second-order valence-corrected chi connectivity index (χ2v) is 4.02. The first-order chi connectivity index (χ1) is 6.76. The summed E-state index contributed by atoms with van der Waals surface area (Å²) >= 11 is 0. The number of hydrogen-bond acceptors (Lipinski definition) is 2. The Morgan fingerprint density at radius 1 is 1.14 bits per heavy atom. The second kappa shape index (κ2) is 9.47. The standard InChI is InChI=1S/C12H27NO/c1-5-8-13-12(11(4)7-3)10-14-9-6-2/h11-13H,5-10H2,1-4H3. The largest absolute Gasteiger partial charge is 0.380 e. The molecule has 0 aliphatic carbocycles. The van der Waals surface area contributed by atoms with Crippen LogP contribution in [-0.2, 0) is 4.74 Å². The number of ether oxygens (including phenoxy) is 1. The first-order valence-electron chi connectivity index (χ1n) is 6.07. The molecule has 86 valence electrons. The fourth-order valence-corrected chi connectivity index (χ4v) is 1.39. The van der Waals surface area contributed by atoms with Crippen molar-refractivity contribution in [2.45, 2.75) is 53.0 Å². The first-order valence-corrected chi connectivity index (χ1v) is 6.07. The van der Waals surface area contributed by atoms with Crippen LogP contribution in [0.3, 0.4) is 0 Å². The Balaban J connectivity index is 3.72. The number of nitrogens with one attached hydrogen (secondary N) is 1. The van der Waals surface area contributed by atoms with E-state index in [2.05, 4.69) is 33.0 Å². The van der Waals surface area contributed by atoms with Gasteiger partial charge in [-0.25, -0.2) is 0 Å². The van der Waals surface area contributed by atoms with E-state index in [1.165, 1.54) is 12.8 Å². The number of rotatable bonds is 9. The van der Waals surface area contributed by atoms with E-state index in [-0.39, 0.29) is 0 Å². The second-order valence-electron chi connectivity index (χ2n) is 4.02. The van der Waals surface area contributed by atoms with Crippen molar-refractivity contribution >= 4 is 0 Å². The van der Waals surface area contributed by atoms with Gasteiger partial charge in [0.2, 0.25) is 0 Å². The molecule has 0 radical (unpaired) electrons. The quantitative estimate of drug-likeness (QED) is 0.579. The highest BCUT2D eigenvalue weighted by Gasteiger charge is 2.14. The lowest BCUT2D eigenvalue weighted by Crippen LogP contribution is -2.39. The molecule has 0 aromatic heterocycles. The van der Waals surface area contributed by atoms with Crippen LogP contribution in [0.4, 0.5) is 0 Å². The average molecular weight is 201 g/mol. The van der Waals surface area contributed by atoms with E-state index in [9.17, 15) is 0 Å². The maximum atomic E-state index is 5.60. The minimum atomic E-state index is 0.534. The predicted molar refractivity (Wildman–Crippen MR) is 62.6 cm³/mol. The molecular weight excluding hydrogens is 174 g/mol. The highest BCUT2D eigenvalue weighted by Crippen LogP contribution is 2.08. The topological polar surface area (TPSA) is 21.3 Å². The Hall–Kier alpha value is -0.0800. The Morgan fingerprint density at radius 3 is 2.36 bits per heavy atom. The van der Waals surface area contributed by atoms with E-state index in [1.807, 2.05) is 0 Å². The third kappa shape index (κ3) is 6.39. The molecule has 0 aliphatic rings. The minimum absolute atomic E-state index is 0.534. The molecule has 0 bridgehead atoms. The van der Waals surface area contributed by atoms with Gasteiger partial charge in [0, 0.05) is 12.6 Å². The summed E-state index contributed by atoms with van der Waals surface area (Å²) in [6, 6.07) is 0.534. The van der Waals surface area contributed by atoms with Gasteiger partial charge in [-0.3, -0.25) is 0 Å². The average Bonchev–Trinajstić information content (AvgIpc) is 2.22. The van der Waals surface area contributed by atoms with Crippen LogP contribution >= 0.6 is 0 Å². The summed E-state index contributed by atoms with van der Waals surface area (Å²) in [4.78, 5) is 0. The van der Waals surface area contributed by atoms with Crippen LogP contribution in [0.2, 0.25) is 0 Å². The van der Waals surface area contributed by atoms with Gasteiger partial charge in [-0.05, 0) is 25.3 Å². The van der Waals surface area contributed by atoms with Crippen LogP contribution in [0, 0.1) is 5.92 Å². The Morgan fingerprint density at radius 2 is 1.86 bits per heavy atom. The van der Waals surface area contributed by atoms with Gasteiger partial charge in [0.1, 0.15) is 0 Å². The molecule has 2 heteroatoms. The van der Waals surface area contributed by atoms with Crippen LogP contribution in [0.5, 0.6) is 0 Å². The van der Waals surface area contributed by atoms with E-state index in [0.717, 1.165) is 26.2 Å². The molecule has 0 aromatic carbocycles.